The fourth-order valence-electron chi connectivity index (χ4n) is 3.81. The molecule has 2 aromatic rings. The van der Waals surface area contributed by atoms with Crippen LogP contribution in [-0.2, 0) is 11.2 Å². The van der Waals surface area contributed by atoms with Crippen LogP contribution in [0.1, 0.15) is 87.7 Å². The van der Waals surface area contributed by atoms with Crippen LogP contribution in [0.15, 0.2) is 37.6 Å². The van der Waals surface area contributed by atoms with Crippen molar-refractivity contribution in [3.05, 3.63) is 49.7 Å². The molecule has 0 N–H and O–H groups in total. The van der Waals surface area contributed by atoms with Crippen LogP contribution >= 0.6 is 11.3 Å². The summed E-state index contributed by atoms with van der Waals surface area (Å²) in [5.74, 6) is -0.977. The van der Waals surface area contributed by atoms with E-state index in [1.807, 2.05) is 46.8 Å². The summed E-state index contributed by atoms with van der Waals surface area (Å²) < 4.78 is 15.6. The second-order valence-corrected chi connectivity index (χ2v) is 11.2. The van der Waals surface area contributed by atoms with E-state index in [-0.39, 0.29) is 29.0 Å². The van der Waals surface area contributed by atoms with Gasteiger partial charge in [0.1, 0.15) is 17.0 Å². The first kappa shape index (κ1) is 30.1. The fraction of sp³-hybridized carbons (Fsp3) is 0.556. The molecule has 2 atom stereocenters. The van der Waals surface area contributed by atoms with Gasteiger partial charge in [0.15, 0.2) is 10.8 Å². The van der Waals surface area contributed by atoms with Gasteiger partial charge >= 0.3 is 11.7 Å². The highest BCUT2D eigenvalue weighted by molar-refractivity contribution is 7.13. The summed E-state index contributed by atoms with van der Waals surface area (Å²) in [6, 6.07) is 5.27. The van der Waals surface area contributed by atoms with Crippen LogP contribution in [0.4, 0.5) is 10.5 Å². The van der Waals surface area contributed by atoms with Crippen molar-refractivity contribution in [1.29, 1.82) is 0 Å². The minimum atomic E-state index is -0.859. The van der Waals surface area contributed by atoms with E-state index in [4.69, 9.17) is 9.15 Å². The number of carbonyl (C=O) groups is 2. The molecule has 9 nitrogen and oxygen atoms in total. The summed E-state index contributed by atoms with van der Waals surface area (Å²) in [5.41, 5.74) is -1.89. The molecule has 0 fully saturated rings. The van der Waals surface area contributed by atoms with Crippen molar-refractivity contribution in [3.63, 3.8) is 0 Å². The van der Waals surface area contributed by atoms with Gasteiger partial charge in [0.05, 0.1) is 13.2 Å². The summed E-state index contributed by atoms with van der Waals surface area (Å²) in [7, 11) is 1.25. The maximum absolute atomic E-state index is 13.4. The highest BCUT2D eigenvalue weighted by Crippen LogP contribution is 2.38. The van der Waals surface area contributed by atoms with Crippen LogP contribution in [-0.4, -0.2) is 31.3 Å². The molecule has 10 heteroatoms. The number of hydrogen-bond donors (Lipinski definition) is 0. The second kappa shape index (κ2) is 13.4. The van der Waals surface area contributed by atoms with Gasteiger partial charge in [0, 0.05) is 29.0 Å². The smallest absolute Gasteiger partial charge is 0.432 e. The third-order valence-corrected chi connectivity index (χ3v) is 7.28. The van der Waals surface area contributed by atoms with Crippen molar-refractivity contribution in [2.24, 2.45) is 21.5 Å². The van der Waals surface area contributed by atoms with Crippen LogP contribution < -0.4 is 10.4 Å². The fourth-order valence-corrected chi connectivity index (χ4v) is 5.03. The number of carbonyl (C=O) groups excluding carboxylic acids is 2. The molecule has 0 saturated carbocycles. The molecule has 1 amide bonds. The molecule has 37 heavy (non-hydrogen) atoms. The first-order valence-electron chi connectivity index (χ1n) is 12.3. The maximum atomic E-state index is 13.4. The lowest BCUT2D eigenvalue weighted by atomic mass is 9.73. The van der Waals surface area contributed by atoms with E-state index in [1.165, 1.54) is 30.7 Å². The largest absolute Gasteiger partial charge is 0.481 e. The molecular formula is C27H36N2O7S. The van der Waals surface area contributed by atoms with Crippen molar-refractivity contribution in [3.8, 4) is 5.06 Å². The molecule has 0 aliphatic rings. The SMILES string of the molecule is COC(=O)N=CCCCC(C)c1cc(N=O)c(C(=O)C(C)C(C)(C)Cc2ccc(OC(C)C)s2)c(=O)o1. The number of amides is 1. The zero-order chi connectivity index (χ0) is 27.8. The number of unbranched alkanes of at least 4 members (excludes halogenated alkanes) is 1. The molecule has 0 aliphatic heterocycles. The first-order valence-corrected chi connectivity index (χ1v) is 13.1. The summed E-state index contributed by atoms with van der Waals surface area (Å²) in [4.78, 5) is 53.6. The molecule has 0 aliphatic carbocycles. The molecule has 0 spiro atoms. The lowest BCUT2D eigenvalue weighted by Gasteiger charge is -2.30. The van der Waals surface area contributed by atoms with Gasteiger partial charge in [-0.2, -0.15) is 4.99 Å². The zero-order valence-corrected chi connectivity index (χ0v) is 23.3. The van der Waals surface area contributed by atoms with E-state index in [0.29, 0.717) is 25.7 Å². The molecule has 0 aromatic carbocycles. The Kier molecular flexibility index (Phi) is 10.9. The van der Waals surface area contributed by atoms with Gasteiger partial charge in [-0.05, 0) is 62.3 Å². The molecule has 0 bridgehead atoms. The van der Waals surface area contributed by atoms with Crippen molar-refractivity contribution >= 4 is 35.1 Å². The van der Waals surface area contributed by atoms with Gasteiger partial charge in [-0.25, -0.2) is 9.59 Å². The predicted octanol–water partition coefficient (Wildman–Crippen LogP) is 7.09. The zero-order valence-electron chi connectivity index (χ0n) is 22.5. The Bertz CT molecular complexity index is 1180. The Hall–Kier alpha value is -3.14. The highest BCUT2D eigenvalue weighted by atomic mass is 32.1. The third kappa shape index (κ3) is 8.45. The summed E-state index contributed by atoms with van der Waals surface area (Å²) in [6.45, 7) is 11.4. The Morgan fingerprint density at radius 3 is 2.51 bits per heavy atom. The number of nitroso groups, excluding NO2 is 1. The number of thiophene rings is 1. The average molecular weight is 533 g/mol. The number of rotatable bonds is 13. The molecule has 0 radical (unpaired) electrons. The summed E-state index contributed by atoms with van der Waals surface area (Å²) in [6.07, 6.45) is 3.25. The molecular weight excluding hydrogens is 496 g/mol. The van der Waals surface area contributed by atoms with E-state index in [1.54, 1.807) is 6.92 Å². The normalized spacial score (nSPS) is 13.5. The lowest BCUT2D eigenvalue weighted by molar-refractivity contribution is 0.0816. The number of nitrogens with zero attached hydrogens (tertiary/aromatic N) is 2. The lowest BCUT2D eigenvalue weighted by Crippen LogP contribution is -2.33. The number of Topliss-reactive ketones (excluding diaryl/α,β-unsaturated/α-hetero) is 1. The topological polar surface area (TPSA) is 125 Å². The minimum Gasteiger partial charge on any atom is -0.481 e. The molecule has 2 rings (SSSR count). The number of hydrogen-bond acceptors (Lipinski definition) is 9. The van der Waals surface area contributed by atoms with E-state index >= 15 is 0 Å². The van der Waals surface area contributed by atoms with Gasteiger partial charge in [0.2, 0.25) is 0 Å². The predicted molar refractivity (Wildman–Crippen MR) is 145 cm³/mol. The van der Waals surface area contributed by atoms with Crippen molar-refractivity contribution in [2.45, 2.75) is 79.2 Å². The van der Waals surface area contributed by atoms with Gasteiger partial charge < -0.3 is 13.9 Å². The van der Waals surface area contributed by atoms with E-state index in [9.17, 15) is 19.3 Å². The van der Waals surface area contributed by atoms with Crippen LogP contribution in [0.3, 0.4) is 0 Å². The van der Waals surface area contributed by atoms with E-state index in [0.717, 1.165) is 9.94 Å². The van der Waals surface area contributed by atoms with Crippen molar-refractivity contribution in [1.82, 2.24) is 0 Å². The number of methoxy groups -OCH3 is 1. The standard InChI is InChI=1S/C27H36N2O7S/c1-16(2)35-22-12-11-19(37-22)15-27(5,6)18(4)24(30)23-20(29-33)14-21(36-25(23)31)17(3)10-8-9-13-28-26(32)34-7/h11-14,16-18H,8-10,15H2,1-7H3. The highest BCUT2D eigenvalue weighted by Gasteiger charge is 2.36. The van der Waals surface area contributed by atoms with Crippen LogP contribution in [0, 0.1) is 16.2 Å². The van der Waals surface area contributed by atoms with Crippen LogP contribution in [0.25, 0.3) is 0 Å². The van der Waals surface area contributed by atoms with Gasteiger partial charge in [-0.15, -0.1) is 16.2 Å². The molecule has 202 valence electrons. The molecule has 2 aromatic heterocycles. The van der Waals surface area contributed by atoms with E-state index < -0.39 is 28.8 Å². The summed E-state index contributed by atoms with van der Waals surface area (Å²) in [5, 5.41) is 3.81. The minimum absolute atomic E-state index is 0.0691. The average Bonchev–Trinajstić information content (AvgIpc) is 3.26. The number of aliphatic imine (C=N–C) groups is 1. The first-order chi connectivity index (χ1) is 17.4. The Balaban J connectivity index is 2.16. The molecule has 2 unspecified atom stereocenters. The van der Waals surface area contributed by atoms with E-state index in [2.05, 4.69) is 14.9 Å². The molecule has 0 saturated heterocycles. The van der Waals surface area contributed by atoms with Crippen LogP contribution in [0.5, 0.6) is 5.06 Å². The van der Waals surface area contributed by atoms with Crippen molar-refractivity contribution < 1.29 is 23.5 Å². The summed E-state index contributed by atoms with van der Waals surface area (Å²) >= 11 is 1.53. The van der Waals surface area contributed by atoms with Crippen LogP contribution in [0.2, 0.25) is 0 Å². The quantitative estimate of drug-likeness (QED) is 0.117. The second-order valence-electron chi connectivity index (χ2n) is 10.0. The molecule has 2 heterocycles. The number of ether oxygens (including phenoxy) is 2. The van der Waals surface area contributed by atoms with Gasteiger partial charge in [-0.3, -0.25) is 4.79 Å². The Labute approximate surface area is 221 Å². The van der Waals surface area contributed by atoms with Gasteiger partial charge in [0.25, 0.3) is 0 Å². The third-order valence-electron chi connectivity index (χ3n) is 6.31. The Morgan fingerprint density at radius 1 is 1.19 bits per heavy atom. The van der Waals surface area contributed by atoms with Crippen molar-refractivity contribution in [2.75, 3.05) is 7.11 Å². The Morgan fingerprint density at radius 2 is 1.89 bits per heavy atom. The number of ketones is 1. The van der Waals surface area contributed by atoms with Gasteiger partial charge in [-0.1, -0.05) is 27.7 Å². The maximum Gasteiger partial charge on any atom is 0.432 e. The monoisotopic (exact) mass is 532 g/mol.